The van der Waals surface area contributed by atoms with Gasteiger partial charge in [0, 0.05) is 42.5 Å². The predicted molar refractivity (Wildman–Crippen MR) is 78.8 cm³/mol. The van der Waals surface area contributed by atoms with Gasteiger partial charge in [0.1, 0.15) is 0 Å². The third-order valence-electron chi connectivity index (χ3n) is 3.56. The van der Waals surface area contributed by atoms with E-state index in [1.54, 1.807) is 0 Å². The minimum atomic E-state index is 0.541. The highest BCUT2D eigenvalue weighted by Gasteiger charge is 2.11. The van der Waals surface area contributed by atoms with Crippen LogP contribution < -0.4 is 5.73 Å². The van der Waals surface area contributed by atoms with Crippen molar-refractivity contribution in [2.45, 2.75) is 13.5 Å². The maximum Gasteiger partial charge on any atom is 0.0726 e. The Morgan fingerprint density at radius 1 is 1.26 bits per heavy atom. The number of pyridine rings is 1. The average Bonchev–Trinajstić information content (AvgIpc) is 2.78. The van der Waals surface area contributed by atoms with Crippen molar-refractivity contribution in [3.8, 4) is 11.3 Å². The minimum Gasteiger partial charge on any atom is -0.350 e. The summed E-state index contributed by atoms with van der Waals surface area (Å²) in [5, 5.41) is 1.27. The number of aryl methyl sites for hydroxylation is 2. The highest BCUT2D eigenvalue weighted by Crippen LogP contribution is 2.31. The summed E-state index contributed by atoms with van der Waals surface area (Å²) in [5.74, 6) is 0. The second kappa shape index (κ2) is 4.52. The molecule has 0 saturated carbocycles. The summed E-state index contributed by atoms with van der Waals surface area (Å²) in [7, 11) is 2.07. The van der Waals surface area contributed by atoms with Crippen LogP contribution in [-0.4, -0.2) is 9.55 Å². The van der Waals surface area contributed by atoms with Crippen LogP contribution in [0.2, 0.25) is 0 Å². The zero-order valence-corrected chi connectivity index (χ0v) is 11.2. The van der Waals surface area contributed by atoms with Crippen molar-refractivity contribution < 1.29 is 0 Å². The molecule has 3 aromatic rings. The Balaban J connectivity index is 2.30. The van der Waals surface area contributed by atoms with E-state index < -0.39 is 0 Å². The Labute approximate surface area is 112 Å². The molecule has 0 saturated heterocycles. The van der Waals surface area contributed by atoms with Gasteiger partial charge in [-0.25, -0.2) is 0 Å². The van der Waals surface area contributed by atoms with Gasteiger partial charge < -0.3 is 10.3 Å². The highest BCUT2D eigenvalue weighted by atomic mass is 14.9. The second-order valence-electron chi connectivity index (χ2n) is 4.88. The third kappa shape index (κ3) is 1.92. The van der Waals surface area contributed by atoms with Gasteiger partial charge in [0.2, 0.25) is 0 Å². The van der Waals surface area contributed by atoms with E-state index in [9.17, 15) is 0 Å². The first kappa shape index (κ1) is 11.9. The van der Waals surface area contributed by atoms with Crippen molar-refractivity contribution >= 4 is 10.9 Å². The number of nitrogens with two attached hydrogens (primary N) is 1. The van der Waals surface area contributed by atoms with E-state index in [1.807, 2.05) is 12.3 Å². The molecule has 2 aromatic heterocycles. The van der Waals surface area contributed by atoms with E-state index in [4.69, 9.17) is 5.73 Å². The Hall–Kier alpha value is -2.13. The van der Waals surface area contributed by atoms with Crippen LogP contribution in [0.3, 0.4) is 0 Å². The van der Waals surface area contributed by atoms with Crippen molar-refractivity contribution in [2.24, 2.45) is 12.8 Å². The molecular weight excluding hydrogens is 234 g/mol. The molecule has 0 atom stereocenters. The Morgan fingerprint density at radius 2 is 2.11 bits per heavy atom. The Kier molecular flexibility index (Phi) is 2.84. The molecule has 0 spiro atoms. The molecule has 2 N–H and O–H groups in total. The monoisotopic (exact) mass is 251 g/mol. The van der Waals surface area contributed by atoms with E-state index in [-0.39, 0.29) is 0 Å². The Morgan fingerprint density at radius 3 is 2.89 bits per heavy atom. The summed E-state index contributed by atoms with van der Waals surface area (Å²) < 4.78 is 2.15. The second-order valence-corrected chi connectivity index (χ2v) is 4.88. The molecule has 2 heterocycles. The molecular formula is C16H17N3. The molecule has 0 aliphatic heterocycles. The fraction of sp³-hybridized carbons (Fsp3) is 0.188. The number of rotatable bonds is 2. The van der Waals surface area contributed by atoms with E-state index in [2.05, 4.69) is 54.0 Å². The molecule has 3 heteroatoms. The van der Waals surface area contributed by atoms with Crippen LogP contribution >= 0.6 is 0 Å². The van der Waals surface area contributed by atoms with Gasteiger partial charge >= 0.3 is 0 Å². The van der Waals surface area contributed by atoms with Crippen molar-refractivity contribution in [1.82, 2.24) is 9.55 Å². The van der Waals surface area contributed by atoms with Gasteiger partial charge in [0.15, 0.2) is 0 Å². The van der Waals surface area contributed by atoms with Gasteiger partial charge in [0.25, 0.3) is 0 Å². The summed E-state index contributed by atoms with van der Waals surface area (Å²) in [6, 6.07) is 10.4. The summed E-state index contributed by atoms with van der Waals surface area (Å²) in [5.41, 5.74) is 11.5. The maximum atomic E-state index is 5.71. The molecule has 3 nitrogen and oxygen atoms in total. The number of fused-ring (bicyclic) bond motifs is 1. The molecule has 3 rings (SSSR count). The van der Waals surface area contributed by atoms with E-state index in [0.717, 1.165) is 11.3 Å². The van der Waals surface area contributed by atoms with E-state index in [1.165, 1.54) is 22.0 Å². The van der Waals surface area contributed by atoms with Crippen molar-refractivity contribution in [1.29, 1.82) is 0 Å². The van der Waals surface area contributed by atoms with Gasteiger partial charge in [-0.05, 0) is 36.2 Å². The lowest BCUT2D eigenvalue weighted by Crippen LogP contribution is -1.97. The van der Waals surface area contributed by atoms with Gasteiger partial charge in [0.05, 0.1) is 5.69 Å². The van der Waals surface area contributed by atoms with Gasteiger partial charge in [-0.1, -0.05) is 12.1 Å². The zero-order chi connectivity index (χ0) is 13.4. The van der Waals surface area contributed by atoms with Crippen LogP contribution in [0.4, 0.5) is 0 Å². The SMILES string of the molecule is Cc1cccc2c1c(-c1cc(CN)ccn1)cn2C. The maximum absolute atomic E-state index is 5.71. The minimum absolute atomic E-state index is 0.541. The first-order chi connectivity index (χ1) is 9.20. The number of hydrogen-bond donors (Lipinski definition) is 1. The number of benzene rings is 1. The standard InChI is InChI=1S/C16H17N3/c1-11-4-3-5-15-16(11)13(10-19(15)2)14-8-12(9-17)6-7-18-14/h3-8,10H,9,17H2,1-2H3. The molecule has 0 unspecified atom stereocenters. The number of aromatic nitrogens is 2. The molecule has 0 aliphatic carbocycles. The third-order valence-corrected chi connectivity index (χ3v) is 3.56. The fourth-order valence-electron chi connectivity index (χ4n) is 2.57. The summed E-state index contributed by atoms with van der Waals surface area (Å²) >= 11 is 0. The van der Waals surface area contributed by atoms with Gasteiger partial charge in [-0.3, -0.25) is 4.98 Å². The predicted octanol–water partition coefficient (Wildman–Crippen LogP) is 3.01. The van der Waals surface area contributed by atoms with E-state index >= 15 is 0 Å². The van der Waals surface area contributed by atoms with Crippen LogP contribution in [0.1, 0.15) is 11.1 Å². The van der Waals surface area contributed by atoms with Gasteiger partial charge in [-0.2, -0.15) is 0 Å². The zero-order valence-electron chi connectivity index (χ0n) is 11.2. The number of hydrogen-bond acceptors (Lipinski definition) is 2. The van der Waals surface area contributed by atoms with Crippen LogP contribution in [0.25, 0.3) is 22.2 Å². The smallest absolute Gasteiger partial charge is 0.0726 e. The topological polar surface area (TPSA) is 43.8 Å². The highest BCUT2D eigenvalue weighted by molar-refractivity contribution is 5.97. The Bertz CT molecular complexity index is 741. The molecule has 96 valence electrons. The summed E-state index contributed by atoms with van der Waals surface area (Å²) in [6.07, 6.45) is 3.97. The molecule has 0 radical (unpaired) electrons. The molecule has 0 bridgehead atoms. The molecule has 0 aliphatic rings. The fourth-order valence-corrected chi connectivity index (χ4v) is 2.57. The van der Waals surface area contributed by atoms with Crippen LogP contribution in [0.5, 0.6) is 0 Å². The normalized spacial score (nSPS) is 11.1. The quantitative estimate of drug-likeness (QED) is 0.761. The largest absolute Gasteiger partial charge is 0.350 e. The van der Waals surface area contributed by atoms with Crippen LogP contribution in [0.15, 0.2) is 42.7 Å². The van der Waals surface area contributed by atoms with Gasteiger partial charge in [-0.15, -0.1) is 0 Å². The molecule has 1 aromatic carbocycles. The van der Waals surface area contributed by atoms with Crippen molar-refractivity contribution in [2.75, 3.05) is 0 Å². The first-order valence-corrected chi connectivity index (χ1v) is 6.40. The summed E-state index contributed by atoms with van der Waals surface area (Å²) in [4.78, 5) is 4.49. The van der Waals surface area contributed by atoms with Crippen molar-refractivity contribution in [3.05, 3.63) is 53.9 Å². The lowest BCUT2D eigenvalue weighted by molar-refractivity contribution is 0.969. The lowest BCUT2D eigenvalue weighted by Gasteiger charge is -2.03. The van der Waals surface area contributed by atoms with Crippen molar-refractivity contribution in [3.63, 3.8) is 0 Å². The number of nitrogens with zero attached hydrogens (tertiary/aromatic N) is 2. The molecule has 0 amide bonds. The average molecular weight is 251 g/mol. The summed E-state index contributed by atoms with van der Waals surface area (Å²) in [6.45, 7) is 2.68. The van der Waals surface area contributed by atoms with E-state index in [0.29, 0.717) is 6.54 Å². The molecule has 19 heavy (non-hydrogen) atoms. The molecule has 0 fully saturated rings. The first-order valence-electron chi connectivity index (χ1n) is 6.40. The lowest BCUT2D eigenvalue weighted by atomic mass is 10.0. The van der Waals surface area contributed by atoms with Crippen LogP contribution in [-0.2, 0) is 13.6 Å². The van der Waals surface area contributed by atoms with Crippen LogP contribution in [0, 0.1) is 6.92 Å².